The van der Waals surface area contributed by atoms with Gasteiger partial charge in [0.2, 0.25) is 8.32 Å². The van der Waals surface area contributed by atoms with Crippen LogP contribution in [0.5, 0.6) is 0 Å². The molecule has 0 heterocycles. The summed E-state index contributed by atoms with van der Waals surface area (Å²) in [6.45, 7) is 10.9. The molecule has 0 bridgehead atoms. The Morgan fingerprint density at radius 1 is 1.31 bits per heavy atom. The molecular weight excluding hydrogens is 176 g/mol. The molecule has 1 rings (SSSR count). The van der Waals surface area contributed by atoms with Crippen molar-refractivity contribution in [2.45, 2.75) is 45.9 Å². The lowest BCUT2D eigenvalue weighted by molar-refractivity contribution is 0.124. The smallest absolute Gasteiger partial charge is 0.218 e. The lowest BCUT2D eigenvalue weighted by Crippen LogP contribution is -2.40. The molecule has 13 heavy (non-hydrogen) atoms. The largest absolute Gasteiger partial charge is 0.408 e. The second-order valence-electron chi connectivity index (χ2n) is 5.02. The van der Waals surface area contributed by atoms with Gasteiger partial charge in [0.1, 0.15) is 0 Å². The number of hydrogen-bond donors (Lipinski definition) is 0. The molecule has 0 aromatic heterocycles. The van der Waals surface area contributed by atoms with Crippen LogP contribution < -0.4 is 0 Å². The highest BCUT2D eigenvalue weighted by atomic mass is 28.4. The molecule has 0 aromatic carbocycles. The molecule has 0 atom stereocenters. The van der Waals surface area contributed by atoms with E-state index in [4.69, 9.17) is 4.43 Å². The van der Waals surface area contributed by atoms with Crippen molar-refractivity contribution >= 4 is 8.32 Å². The van der Waals surface area contributed by atoms with E-state index in [1.807, 2.05) is 0 Å². The van der Waals surface area contributed by atoms with Gasteiger partial charge in [0.15, 0.2) is 0 Å². The summed E-state index contributed by atoms with van der Waals surface area (Å²) in [6.07, 6.45) is 7.80. The van der Waals surface area contributed by atoms with E-state index in [1.54, 1.807) is 0 Å². The van der Waals surface area contributed by atoms with Crippen LogP contribution >= 0.6 is 0 Å². The summed E-state index contributed by atoms with van der Waals surface area (Å²) in [5.74, 6) is 0. The second-order valence-corrected chi connectivity index (χ2v) is 8.82. The van der Waals surface area contributed by atoms with Gasteiger partial charge in [-0.25, -0.2) is 0 Å². The minimum absolute atomic E-state index is 0.0208. The first-order chi connectivity index (χ1) is 5.81. The van der Waals surface area contributed by atoms with Crippen molar-refractivity contribution in [3.63, 3.8) is 0 Å². The normalized spacial score (nSPS) is 17.8. The zero-order valence-corrected chi connectivity index (χ0v) is 10.3. The second kappa shape index (κ2) is 3.43. The van der Waals surface area contributed by atoms with Crippen molar-refractivity contribution < 1.29 is 4.43 Å². The fourth-order valence-electron chi connectivity index (χ4n) is 1.73. The zero-order chi connectivity index (χ0) is 10.1. The van der Waals surface area contributed by atoms with E-state index in [1.165, 1.54) is 5.20 Å². The summed E-state index contributed by atoms with van der Waals surface area (Å²) in [4.78, 5) is 0. The number of hydrogen-bond acceptors (Lipinski definition) is 1. The van der Waals surface area contributed by atoms with Gasteiger partial charge in [-0.05, 0) is 45.5 Å². The third-order valence-corrected chi connectivity index (χ3v) is 4.91. The Morgan fingerprint density at radius 2 is 1.92 bits per heavy atom. The Hall–Kier alpha value is -0.343. The van der Waals surface area contributed by atoms with E-state index in [2.05, 4.69) is 52.1 Å². The van der Waals surface area contributed by atoms with Gasteiger partial charge < -0.3 is 4.43 Å². The first kappa shape index (κ1) is 10.7. The maximum Gasteiger partial charge on any atom is 0.218 e. The quantitative estimate of drug-likeness (QED) is 0.615. The molecule has 0 fully saturated rings. The first-order valence-electron chi connectivity index (χ1n) is 4.89. The minimum Gasteiger partial charge on any atom is -0.408 e. The van der Waals surface area contributed by atoms with E-state index < -0.39 is 8.32 Å². The standard InChI is InChI=1S/C11H20OSi/c1-11(2,3)12-13(4,5)10-8-6-7-9-10/h6,8-9H,7H2,1-5H3. The van der Waals surface area contributed by atoms with Crippen molar-refractivity contribution in [1.29, 1.82) is 0 Å². The Kier molecular flexibility index (Phi) is 2.83. The molecule has 0 saturated heterocycles. The molecule has 0 aliphatic heterocycles. The van der Waals surface area contributed by atoms with Crippen molar-refractivity contribution in [2.24, 2.45) is 0 Å². The van der Waals surface area contributed by atoms with E-state index >= 15 is 0 Å². The average molecular weight is 196 g/mol. The highest BCUT2D eigenvalue weighted by molar-refractivity contribution is 6.79. The summed E-state index contributed by atoms with van der Waals surface area (Å²) in [7, 11) is -1.63. The fraction of sp³-hybridized carbons (Fsp3) is 0.636. The van der Waals surface area contributed by atoms with Gasteiger partial charge >= 0.3 is 0 Å². The molecule has 0 aromatic rings. The molecule has 1 aliphatic carbocycles. The number of allylic oxidation sites excluding steroid dienone is 4. The van der Waals surface area contributed by atoms with Crippen molar-refractivity contribution in [3.05, 3.63) is 23.4 Å². The van der Waals surface area contributed by atoms with Gasteiger partial charge in [0, 0.05) is 5.60 Å². The predicted octanol–water partition coefficient (Wildman–Crippen LogP) is 3.43. The molecule has 0 unspecified atom stereocenters. The Labute approximate surface area is 82.6 Å². The first-order valence-corrected chi connectivity index (χ1v) is 7.79. The van der Waals surface area contributed by atoms with Crippen molar-refractivity contribution in [1.82, 2.24) is 0 Å². The summed E-state index contributed by atoms with van der Waals surface area (Å²) in [5, 5.41) is 1.43. The molecule has 74 valence electrons. The van der Waals surface area contributed by atoms with Crippen molar-refractivity contribution in [3.8, 4) is 0 Å². The minimum atomic E-state index is -1.63. The highest BCUT2D eigenvalue weighted by Gasteiger charge is 2.31. The maximum atomic E-state index is 6.13. The van der Waals surface area contributed by atoms with E-state index in [0.717, 1.165) is 6.42 Å². The molecule has 0 saturated carbocycles. The van der Waals surface area contributed by atoms with Crippen molar-refractivity contribution in [2.75, 3.05) is 0 Å². The van der Waals surface area contributed by atoms with Crippen LogP contribution in [-0.2, 0) is 4.43 Å². The average Bonchev–Trinajstić information content (AvgIpc) is 2.29. The lowest BCUT2D eigenvalue weighted by Gasteiger charge is -2.32. The molecule has 0 N–H and O–H groups in total. The molecule has 2 heteroatoms. The van der Waals surface area contributed by atoms with Gasteiger partial charge in [-0.2, -0.15) is 0 Å². The van der Waals surface area contributed by atoms with Crippen LogP contribution in [0.15, 0.2) is 23.4 Å². The molecule has 1 aliphatic rings. The molecule has 0 amide bonds. The Morgan fingerprint density at radius 3 is 2.31 bits per heavy atom. The van der Waals surface area contributed by atoms with Crippen LogP contribution in [0, 0.1) is 0 Å². The van der Waals surface area contributed by atoms with Gasteiger partial charge in [0.05, 0.1) is 0 Å². The molecule has 0 spiro atoms. The number of rotatable bonds is 2. The maximum absolute atomic E-state index is 6.13. The van der Waals surface area contributed by atoms with Gasteiger partial charge in [0.25, 0.3) is 0 Å². The molecule has 0 radical (unpaired) electrons. The SMILES string of the molecule is CC(C)(C)O[Si](C)(C)C1=CCC=C1. The highest BCUT2D eigenvalue weighted by Crippen LogP contribution is 2.26. The van der Waals surface area contributed by atoms with Gasteiger partial charge in [-0.1, -0.05) is 18.2 Å². The Balaban J connectivity index is 2.71. The van der Waals surface area contributed by atoms with Gasteiger partial charge in [-0.15, -0.1) is 0 Å². The third kappa shape index (κ3) is 3.12. The summed E-state index contributed by atoms with van der Waals surface area (Å²) < 4.78 is 6.13. The van der Waals surface area contributed by atoms with Crippen LogP contribution in [0.4, 0.5) is 0 Å². The van der Waals surface area contributed by atoms with Gasteiger partial charge in [-0.3, -0.25) is 0 Å². The van der Waals surface area contributed by atoms with E-state index in [0.29, 0.717) is 0 Å². The van der Waals surface area contributed by atoms with Crippen LogP contribution in [-0.4, -0.2) is 13.9 Å². The summed E-state index contributed by atoms with van der Waals surface area (Å²) in [6, 6.07) is 0. The van der Waals surface area contributed by atoms with Crippen LogP contribution in [0.2, 0.25) is 13.1 Å². The van der Waals surface area contributed by atoms with E-state index in [-0.39, 0.29) is 5.60 Å². The third-order valence-electron chi connectivity index (χ3n) is 2.03. The molecule has 1 nitrogen and oxygen atoms in total. The fourth-order valence-corrected chi connectivity index (χ4v) is 4.51. The van der Waals surface area contributed by atoms with Crippen LogP contribution in [0.3, 0.4) is 0 Å². The summed E-state index contributed by atoms with van der Waals surface area (Å²) >= 11 is 0. The van der Waals surface area contributed by atoms with E-state index in [9.17, 15) is 0 Å². The van der Waals surface area contributed by atoms with Crippen LogP contribution in [0.25, 0.3) is 0 Å². The lowest BCUT2D eigenvalue weighted by atomic mass is 10.2. The molecular formula is C11H20OSi. The topological polar surface area (TPSA) is 9.23 Å². The Bertz CT molecular complexity index is 243. The summed E-state index contributed by atoms with van der Waals surface area (Å²) in [5.41, 5.74) is -0.0208. The zero-order valence-electron chi connectivity index (χ0n) is 9.35. The van der Waals surface area contributed by atoms with Crippen LogP contribution in [0.1, 0.15) is 27.2 Å². The monoisotopic (exact) mass is 196 g/mol. The predicted molar refractivity (Wildman–Crippen MR) is 60.2 cm³/mol.